The lowest BCUT2D eigenvalue weighted by Crippen LogP contribution is -2.22. The Bertz CT molecular complexity index is 835. The molecule has 0 aliphatic rings. The van der Waals surface area contributed by atoms with Crippen LogP contribution in [0.4, 0.5) is 0 Å². The van der Waals surface area contributed by atoms with Crippen molar-refractivity contribution in [3.8, 4) is 0 Å². The van der Waals surface area contributed by atoms with Gasteiger partial charge in [-0.15, -0.1) is 0 Å². The molecule has 0 aliphatic carbocycles. The first-order valence-corrected chi connectivity index (χ1v) is 12.1. The fourth-order valence-electron chi connectivity index (χ4n) is 4.44. The zero-order chi connectivity index (χ0) is 24.0. The Balaban J connectivity index is 2.64. The van der Waals surface area contributed by atoms with Crippen molar-refractivity contribution in [2.75, 3.05) is 0 Å². The van der Waals surface area contributed by atoms with Crippen LogP contribution in [0.3, 0.4) is 0 Å². The molecule has 31 heavy (non-hydrogen) atoms. The van der Waals surface area contributed by atoms with Gasteiger partial charge >= 0.3 is 0 Å². The summed E-state index contributed by atoms with van der Waals surface area (Å²) in [5.74, 6) is 0.466. The van der Waals surface area contributed by atoms with Crippen molar-refractivity contribution in [1.29, 1.82) is 0 Å². The first-order valence-electron chi connectivity index (χ1n) is 12.1. The zero-order valence-electron chi connectivity index (χ0n) is 22.7. The highest BCUT2D eigenvalue weighted by Crippen LogP contribution is 2.38. The molecule has 172 valence electrons. The highest BCUT2D eigenvalue weighted by molar-refractivity contribution is 5.45. The van der Waals surface area contributed by atoms with Gasteiger partial charge in [0.2, 0.25) is 0 Å². The number of rotatable bonds is 3. The molecule has 0 heteroatoms. The highest BCUT2D eigenvalue weighted by atomic mass is 14.3. The quantitative estimate of drug-likeness (QED) is 0.464. The van der Waals surface area contributed by atoms with Gasteiger partial charge in [-0.05, 0) is 67.4 Å². The van der Waals surface area contributed by atoms with E-state index < -0.39 is 0 Å². The van der Waals surface area contributed by atoms with Crippen LogP contribution in [-0.2, 0) is 28.1 Å². The van der Waals surface area contributed by atoms with E-state index in [2.05, 4.69) is 126 Å². The Labute approximate surface area is 193 Å². The molecule has 0 aromatic heterocycles. The van der Waals surface area contributed by atoms with Gasteiger partial charge in [-0.2, -0.15) is 0 Å². The Hall–Kier alpha value is -1.56. The van der Waals surface area contributed by atoms with Gasteiger partial charge in [-0.25, -0.2) is 0 Å². The van der Waals surface area contributed by atoms with Crippen LogP contribution in [-0.4, -0.2) is 0 Å². The topological polar surface area (TPSA) is 0 Å². The summed E-state index contributed by atoms with van der Waals surface area (Å²) in [6.07, 6.45) is 1.08. The average Bonchev–Trinajstić information content (AvgIpc) is 2.58. The maximum Gasteiger partial charge on any atom is -0.0129 e. The van der Waals surface area contributed by atoms with Crippen molar-refractivity contribution >= 4 is 0 Å². The van der Waals surface area contributed by atoms with Crippen LogP contribution in [0.15, 0.2) is 36.4 Å². The third kappa shape index (κ3) is 6.24. The van der Waals surface area contributed by atoms with E-state index >= 15 is 0 Å². The first-order chi connectivity index (χ1) is 13.8. The molecular weight excluding hydrogens is 372 g/mol. The molecule has 1 unspecified atom stereocenters. The lowest BCUT2D eigenvalue weighted by atomic mass is 9.73. The van der Waals surface area contributed by atoms with Crippen molar-refractivity contribution < 1.29 is 0 Å². The summed E-state index contributed by atoms with van der Waals surface area (Å²) in [6.45, 7) is 30.5. The molecule has 2 aromatic rings. The summed E-state index contributed by atoms with van der Waals surface area (Å²) in [5, 5.41) is 0. The van der Waals surface area contributed by atoms with E-state index in [0.717, 1.165) is 6.42 Å². The van der Waals surface area contributed by atoms with E-state index in [0.29, 0.717) is 5.92 Å². The third-order valence-corrected chi connectivity index (χ3v) is 6.56. The lowest BCUT2D eigenvalue weighted by molar-refractivity contribution is 0.546. The van der Waals surface area contributed by atoms with Crippen molar-refractivity contribution in [2.45, 2.75) is 124 Å². The van der Waals surface area contributed by atoms with Crippen LogP contribution in [0.2, 0.25) is 0 Å². The van der Waals surface area contributed by atoms with Crippen LogP contribution in [0.1, 0.15) is 129 Å². The number of hydrogen-bond acceptors (Lipinski definition) is 0. The monoisotopic (exact) mass is 420 g/mol. The SMILES string of the molecule is CC(Cc1c(C(C)(C)C)cccc1C(C)(C)C)c1cc(C(C)(C)C)cc(C(C)(C)C)c1. The van der Waals surface area contributed by atoms with Crippen LogP contribution in [0, 0.1) is 0 Å². The molecule has 0 bridgehead atoms. The Morgan fingerprint density at radius 2 is 0.968 bits per heavy atom. The summed E-state index contributed by atoms with van der Waals surface area (Å²) < 4.78 is 0. The van der Waals surface area contributed by atoms with Gasteiger partial charge in [0, 0.05) is 0 Å². The van der Waals surface area contributed by atoms with Crippen molar-refractivity contribution in [1.82, 2.24) is 0 Å². The van der Waals surface area contributed by atoms with Crippen molar-refractivity contribution in [3.63, 3.8) is 0 Å². The fourth-order valence-corrected chi connectivity index (χ4v) is 4.44. The molecule has 0 heterocycles. The second kappa shape index (κ2) is 8.42. The smallest absolute Gasteiger partial charge is 0.0129 e. The van der Waals surface area contributed by atoms with Gasteiger partial charge < -0.3 is 0 Å². The number of hydrogen-bond donors (Lipinski definition) is 0. The molecule has 0 radical (unpaired) electrons. The van der Waals surface area contributed by atoms with Gasteiger partial charge in [0.1, 0.15) is 0 Å². The van der Waals surface area contributed by atoms with E-state index in [-0.39, 0.29) is 21.7 Å². The van der Waals surface area contributed by atoms with Crippen molar-refractivity contribution in [2.24, 2.45) is 0 Å². The van der Waals surface area contributed by atoms with Gasteiger partial charge in [-0.3, -0.25) is 0 Å². The summed E-state index contributed by atoms with van der Waals surface area (Å²) in [4.78, 5) is 0. The third-order valence-electron chi connectivity index (χ3n) is 6.56. The molecule has 0 saturated heterocycles. The maximum absolute atomic E-state index is 2.47. The van der Waals surface area contributed by atoms with Crippen LogP contribution < -0.4 is 0 Å². The van der Waals surface area contributed by atoms with Gasteiger partial charge in [0.05, 0.1) is 0 Å². The highest BCUT2D eigenvalue weighted by Gasteiger charge is 2.27. The summed E-state index contributed by atoms with van der Waals surface area (Å²) >= 11 is 0. The standard InChI is InChI=1S/C31H48/c1-21(22-18-23(28(2,3)4)20-24(19-22)29(5,6)7)17-25-26(30(8,9)10)15-14-16-27(25)31(11,12)13/h14-16,18-21H,17H2,1-13H3. The van der Waals surface area contributed by atoms with E-state index in [1.165, 1.54) is 27.8 Å². The molecule has 2 rings (SSSR count). The summed E-state index contributed by atoms with van der Waals surface area (Å²) in [5.41, 5.74) is 9.48. The van der Waals surface area contributed by atoms with Gasteiger partial charge in [0.15, 0.2) is 0 Å². The van der Waals surface area contributed by atoms with Crippen molar-refractivity contribution in [3.05, 3.63) is 69.8 Å². The van der Waals surface area contributed by atoms with Crippen LogP contribution >= 0.6 is 0 Å². The van der Waals surface area contributed by atoms with E-state index in [4.69, 9.17) is 0 Å². The molecule has 0 aliphatic heterocycles. The largest absolute Gasteiger partial charge is 0.0617 e. The molecule has 0 spiro atoms. The normalized spacial score (nSPS) is 14.6. The molecule has 0 N–H and O–H groups in total. The van der Waals surface area contributed by atoms with Crippen LogP contribution in [0.5, 0.6) is 0 Å². The Morgan fingerprint density at radius 1 is 0.581 bits per heavy atom. The molecule has 0 fully saturated rings. The lowest BCUT2D eigenvalue weighted by Gasteiger charge is -2.32. The number of benzene rings is 2. The first kappa shape index (κ1) is 25.7. The van der Waals surface area contributed by atoms with Crippen LogP contribution in [0.25, 0.3) is 0 Å². The zero-order valence-corrected chi connectivity index (χ0v) is 22.7. The fraction of sp³-hybridized carbons (Fsp3) is 0.613. The molecule has 0 nitrogen and oxygen atoms in total. The molecule has 1 atom stereocenters. The molecule has 0 saturated carbocycles. The second-order valence-electron chi connectivity index (χ2n) is 13.8. The van der Waals surface area contributed by atoms with E-state index in [1.807, 2.05) is 0 Å². The predicted molar refractivity (Wildman–Crippen MR) is 140 cm³/mol. The summed E-state index contributed by atoms with van der Waals surface area (Å²) in [6, 6.07) is 14.3. The minimum Gasteiger partial charge on any atom is -0.0617 e. The average molecular weight is 421 g/mol. The van der Waals surface area contributed by atoms with Gasteiger partial charge in [-0.1, -0.05) is 126 Å². The molecule has 2 aromatic carbocycles. The minimum absolute atomic E-state index is 0.139. The Morgan fingerprint density at radius 3 is 1.29 bits per heavy atom. The minimum atomic E-state index is 0.139. The predicted octanol–water partition coefficient (Wildman–Crippen LogP) is 9.22. The van der Waals surface area contributed by atoms with E-state index in [1.54, 1.807) is 5.56 Å². The molecular formula is C31H48. The molecule has 0 amide bonds. The Kier molecular flexibility index (Phi) is 6.98. The summed E-state index contributed by atoms with van der Waals surface area (Å²) in [7, 11) is 0. The van der Waals surface area contributed by atoms with E-state index in [9.17, 15) is 0 Å². The second-order valence-corrected chi connectivity index (χ2v) is 13.8. The maximum atomic E-state index is 2.47. The van der Waals surface area contributed by atoms with Gasteiger partial charge in [0.25, 0.3) is 0 Å².